The van der Waals surface area contributed by atoms with Crippen LogP contribution in [-0.4, -0.2) is 75.9 Å². The number of methoxy groups -OCH3 is 1. The SMILES string of the molecule is CNCCN(C)C(=O)OC1=CC[C@H]2[C@H]3Cc4ccc(OC)c5c4[C@@]2(CCN3C)[C@H]1O5. The fraction of sp³-hybridized carbons (Fsp3) is 0.609. The van der Waals surface area contributed by atoms with Crippen molar-refractivity contribution < 1.29 is 19.0 Å². The zero-order chi connectivity index (χ0) is 21.0. The van der Waals surface area contributed by atoms with Gasteiger partial charge in [0.1, 0.15) is 5.76 Å². The van der Waals surface area contributed by atoms with Crippen LogP contribution >= 0.6 is 0 Å². The molecular weight excluding hydrogens is 382 g/mol. The summed E-state index contributed by atoms with van der Waals surface area (Å²) in [6.45, 7) is 2.32. The van der Waals surface area contributed by atoms with E-state index in [2.05, 4.69) is 29.4 Å². The predicted molar refractivity (Wildman–Crippen MR) is 113 cm³/mol. The maximum atomic E-state index is 12.7. The lowest BCUT2D eigenvalue weighted by Crippen LogP contribution is -2.63. The van der Waals surface area contributed by atoms with Crippen LogP contribution in [0.15, 0.2) is 24.0 Å². The van der Waals surface area contributed by atoms with Gasteiger partial charge in [-0.2, -0.15) is 0 Å². The molecule has 1 aromatic carbocycles. The molecular formula is C23H31N3O4. The monoisotopic (exact) mass is 413 g/mol. The van der Waals surface area contributed by atoms with Gasteiger partial charge in [-0.25, -0.2) is 4.79 Å². The number of piperidine rings is 1. The number of hydrogen-bond donors (Lipinski definition) is 1. The molecule has 162 valence electrons. The summed E-state index contributed by atoms with van der Waals surface area (Å²) < 4.78 is 18.2. The third kappa shape index (κ3) is 2.61. The molecule has 2 heterocycles. The molecule has 1 aromatic rings. The van der Waals surface area contributed by atoms with Crippen LogP contribution in [0.25, 0.3) is 0 Å². The summed E-state index contributed by atoms with van der Waals surface area (Å²) in [5.41, 5.74) is 2.49. The molecule has 0 radical (unpaired) electrons. The van der Waals surface area contributed by atoms with Crippen molar-refractivity contribution in [1.29, 1.82) is 0 Å². The van der Waals surface area contributed by atoms with E-state index in [9.17, 15) is 4.79 Å². The lowest BCUT2D eigenvalue weighted by molar-refractivity contribution is -0.0259. The summed E-state index contributed by atoms with van der Waals surface area (Å²) in [5, 5.41) is 3.06. The van der Waals surface area contributed by atoms with Gasteiger partial charge in [-0.15, -0.1) is 0 Å². The van der Waals surface area contributed by atoms with Crippen molar-refractivity contribution in [3.63, 3.8) is 0 Å². The second-order valence-corrected chi connectivity index (χ2v) is 9.01. The maximum Gasteiger partial charge on any atom is 0.414 e. The fourth-order valence-corrected chi connectivity index (χ4v) is 6.11. The summed E-state index contributed by atoms with van der Waals surface area (Å²) in [7, 11) is 7.55. The van der Waals surface area contributed by atoms with Crippen LogP contribution in [0, 0.1) is 5.92 Å². The normalized spacial score (nSPS) is 30.8. The zero-order valence-corrected chi connectivity index (χ0v) is 18.2. The van der Waals surface area contributed by atoms with E-state index in [1.54, 1.807) is 19.1 Å². The van der Waals surface area contributed by atoms with Gasteiger partial charge in [-0.1, -0.05) is 6.07 Å². The smallest absolute Gasteiger partial charge is 0.414 e. The number of rotatable bonds is 5. The number of ether oxygens (including phenoxy) is 3. The van der Waals surface area contributed by atoms with E-state index in [4.69, 9.17) is 14.2 Å². The fourth-order valence-electron chi connectivity index (χ4n) is 6.11. The first-order chi connectivity index (χ1) is 14.5. The molecule has 4 atom stereocenters. The number of likely N-dealkylation sites (N-methyl/N-ethyl adjacent to an activating group) is 3. The second kappa shape index (κ2) is 7.17. The highest BCUT2D eigenvalue weighted by Crippen LogP contribution is 2.63. The number of nitrogens with one attached hydrogen (secondary N) is 1. The average Bonchev–Trinajstić information content (AvgIpc) is 3.10. The lowest BCUT2D eigenvalue weighted by atomic mass is 9.53. The van der Waals surface area contributed by atoms with E-state index in [-0.39, 0.29) is 17.6 Å². The van der Waals surface area contributed by atoms with Crippen molar-refractivity contribution >= 4 is 6.09 Å². The molecule has 1 amide bonds. The number of benzene rings is 1. The molecule has 2 aliphatic heterocycles. The molecule has 7 heteroatoms. The number of carbonyl (C=O) groups is 1. The van der Waals surface area contributed by atoms with Crippen molar-refractivity contribution in [2.45, 2.75) is 36.8 Å². The maximum absolute atomic E-state index is 12.7. The predicted octanol–water partition coefficient (Wildman–Crippen LogP) is 2.15. The molecule has 30 heavy (non-hydrogen) atoms. The molecule has 1 spiro atoms. The number of allylic oxidation sites excluding steroid dienone is 1. The van der Waals surface area contributed by atoms with E-state index in [1.165, 1.54) is 11.1 Å². The van der Waals surface area contributed by atoms with Gasteiger partial charge < -0.3 is 29.3 Å². The van der Waals surface area contributed by atoms with Gasteiger partial charge in [-0.3, -0.25) is 0 Å². The standard InChI is InChI=1S/C23H31N3O4/c1-24-10-12-26(3)22(27)29-18-8-6-15-16-13-14-5-7-17(28-4)20-19(14)23(15,21(18)30-20)9-11-25(16)2/h5,7-8,15-16,21,24H,6,9-13H2,1-4H3/t15-,16+,21-,23-/m0/s1. The molecule has 1 fully saturated rings. The highest BCUT2D eigenvalue weighted by atomic mass is 16.6. The third-order valence-corrected chi connectivity index (χ3v) is 7.64. The van der Waals surface area contributed by atoms with Crippen LogP contribution in [0.5, 0.6) is 11.5 Å². The molecule has 0 saturated carbocycles. The average molecular weight is 414 g/mol. The number of nitrogens with zero attached hydrogens (tertiary/aromatic N) is 2. The first kappa shape index (κ1) is 19.7. The van der Waals surface area contributed by atoms with Crippen LogP contribution < -0.4 is 14.8 Å². The van der Waals surface area contributed by atoms with Crippen LogP contribution in [0.4, 0.5) is 4.79 Å². The Kier molecular flexibility index (Phi) is 4.71. The molecule has 1 N–H and O–H groups in total. The van der Waals surface area contributed by atoms with Gasteiger partial charge in [-0.05, 0) is 63.5 Å². The second-order valence-electron chi connectivity index (χ2n) is 9.01. The molecule has 0 aromatic heterocycles. The Bertz CT molecular complexity index is 901. The number of carbonyl (C=O) groups excluding carboxylic acids is 1. The van der Waals surface area contributed by atoms with Crippen LogP contribution in [0.1, 0.15) is 24.0 Å². The van der Waals surface area contributed by atoms with Crippen molar-refractivity contribution in [2.75, 3.05) is 47.9 Å². The van der Waals surface area contributed by atoms with Gasteiger partial charge in [0.2, 0.25) is 0 Å². The number of hydrogen-bond acceptors (Lipinski definition) is 6. The third-order valence-electron chi connectivity index (χ3n) is 7.64. The van der Waals surface area contributed by atoms with Crippen molar-refractivity contribution in [3.05, 3.63) is 35.1 Å². The summed E-state index contributed by atoms with van der Waals surface area (Å²) in [6, 6.07) is 4.69. The quantitative estimate of drug-likeness (QED) is 0.798. The highest BCUT2D eigenvalue weighted by molar-refractivity contribution is 5.69. The van der Waals surface area contributed by atoms with Crippen LogP contribution in [0.2, 0.25) is 0 Å². The number of amides is 1. The van der Waals surface area contributed by atoms with Crippen molar-refractivity contribution in [3.8, 4) is 11.5 Å². The largest absolute Gasteiger partial charge is 0.493 e. The van der Waals surface area contributed by atoms with Crippen LogP contribution in [-0.2, 0) is 16.6 Å². The Morgan fingerprint density at radius 2 is 2.27 bits per heavy atom. The Labute approximate surface area is 177 Å². The van der Waals surface area contributed by atoms with Crippen molar-refractivity contribution in [1.82, 2.24) is 15.1 Å². The van der Waals surface area contributed by atoms with E-state index in [0.717, 1.165) is 43.9 Å². The molecule has 7 nitrogen and oxygen atoms in total. The Morgan fingerprint density at radius 3 is 3.03 bits per heavy atom. The van der Waals surface area contributed by atoms with Gasteiger partial charge in [0.25, 0.3) is 0 Å². The molecule has 5 rings (SSSR count). The van der Waals surface area contributed by atoms with E-state index in [0.29, 0.717) is 24.3 Å². The van der Waals surface area contributed by atoms with Gasteiger partial charge in [0, 0.05) is 37.2 Å². The molecule has 4 aliphatic rings. The summed E-state index contributed by atoms with van der Waals surface area (Å²) in [6.07, 6.45) is 4.40. The minimum atomic E-state index is -0.335. The summed E-state index contributed by atoms with van der Waals surface area (Å²) in [4.78, 5) is 16.8. The Balaban J connectivity index is 1.54. The van der Waals surface area contributed by atoms with Gasteiger partial charge >= 0.3 is 6.09 Å². The zero-order valence-electron chi connectivity index (χ0n) is 18.2. The number of likely N-dealkylation sites (tertiary alicyclic amines) is 1. The van der Waals surface area contributed by atoms with Gasteiger partial charge in [0.05, 0.1) is 7.11 Å². The molecule has 1 saturated heterocycles. The van der Waals surface area contributed by atoms with E-state index < -0.39 is 0 Å². The van der Waals surface area contributed by atoms with E-state index >= 15 is 0 Å². The van der Waals surface area contributed by atoms with Crippen molar-refractivity contribution in [2.24, 2.45) is 5.92 Å². The summed E-state index contributed by atoms with van der Waals surface area (Å²) in [5.74, 6) is 2.72. The van der Waals surface area contributed by atoms with Crippen LogP contribution in [0.3, 0.4) is 0 Å². The minimum absolute atomic E-state index is 0.150. The Morgan fingerprint density at radius 1 is 1.43 bits per heavy atom. The highest BCUT2D eigenvalue weighted by Gasteiger charge is 2.64. The minimum Gasteiger partial charge on any atom is -0.493 e. The Hall–Kier alpha value is -2.25. The summed E-state index contributed by atoms with van der Waals surface area (Å²) >= 11 is 0. The first-order valence-electron chi connectivity index (χ1n) is 10.9. The van der Waals surface area contributed by atoms with Gasteiger partial charge in [0.15, 0.2) is 17.6 Å². The molecule has 0 unspecified atom stereocenters. The first-order valence-corrected chi connectivity index (χ1v) is 10.9. The molecule has 2 bridgehead atoms. The lowest BCUT2D eigenvalue weighted by Gasteiger charge is -2.56. The molecule has 2 aliphatic carbocycles. The van der Waals surface area contributed by atoms with E-state index in [1.807, 2.05) is 13.1 Å². The topological polar surface area (TPSA) is 63.3 Å².